The van der Waals surface area contributed by atoms with E-state index in [0.717, 1.165) is 26.3 Å². The molecule has 0 bridgehead atoms. The second kappa shape index (κ2) is 7.56. The molecule has 78 valence electrons. The van der Waals surface area contributed by atoms with E-state index in [1.807, 2.05) is 0 Å². The van der Waals surface area contributed by atoms with Crippen LogP contribution in [0.3, 0.4) is 0 Å². The van der Waals surface area contributed by atoms with E-state index in [2.05, 4.69) is 5.32 Å². The average molecular weight is 208 g/mol. The van der Waals surface area contributed by atoms with E-state index in [1.54, 1.807) is 0 Å². The minimum atomic E-state index is 0.424. The van der Waals surface area contributed by atoms with Gasteiger partial charge in [0.25, 0.3) is 0 Å². The SMILES string of the molecule is ClCCOCCNCC1CCCO1. The van der Waals surface area contributed by atoms with Gasteiger partial charge in [-0.1, -0.05) is 0 Å². The second-order valence-electron chi connectivity index (χ2n) is 3.14. The van der Waals surface area contributed by atoms with Crippen LogP contribution in [0.2, 0.25) is 0 Å². The first-order chi connectivity index (χ1) is 6.43. The molecule has 0 spiro atoms. The summed E-state index contributed by atoms with van der Waals surface area (Å²) in [6.07, 6.45) is 2.82. The van der Waals surface area contributed by atoms with Crippen LogP contribution in [0.4, 0.5) is 0 Å². The quantitative estimate of drug-likeness (QED) is 0.500. The Labute approximate surface area is 84.7 Å². The molecule has 1 unspecified atom stereocenters. The maximum absolute atomic E-state index is 5.46. The Morgan fingerprint density at radius 3 is 3.08 bits per heavy atom. The fourth-order valence-corrected chi connectivity index (χ4v) is 1.48. The van der Waals surface area contributed by atoms with Gasteiger partial charge in [-0.25, -0.2) is 0 Å². The molecule has 1 heterocycles. The molecule has 0 amide bonds. The Morgan fingerprint density at radius 1 is 1.46 bits per heavy atom. The van der Waals surface area contributed by atoms with Crippen molar-refractivity contribution in [3.05, 3.63) is 0 Å². The number of halogens is 1. The van der Waals surface area contributed by atoms with E-state index in [9.17, 15) is 0 Å². The number of alkyl halides is 1. The minimum Gasteiger partial charge on any atom is -0.379 e. The van der Waals surface area contributed by atoms with Crippen molar-refractivity contribution in [3.8, 4) is 0 Å². The third-order valence-electron chi connectivity index (χ3n) is 2.04. The van der Waals surface area contributed by atoms with Crippen molar-refractivity contribution in [3.63, 3.8) is 0 Å². The molecule has 13 heavy (non-hydrogen) atoms. The lowest BCUT2D eigenvalue weighted by molar-refractivity contribution is 0.104. The van der Waals surface area contributed by atoms with Crippen molar-refractivity contribution in [1.82, 2.24) is 5.32 Å². The molecule has 1 N–H and O–H groups in total. The highest BCUT2D eigenvalue weighted by atomic mass is 35.5. The Hall–Kier alpha value is 0.170. The minimum absolute atomic E-state index is 0.424. The smallest absolute Gasteiger partial charge is 0.0700 e. The summed E-state index contributed by atoms with van der Waals surface area (Å²) >= 11 is 5.45. The Balaban J connectivity index is 1.78. The van der Waals surface area contributed by atoms with Crippen molar-refractivity contribution < 1.29 is 9.47 Å². The number of ether oxygens (including phenoxy) is 2. The molecular formula is C9H18ClNO2. The number of hydrogen-bond acceptors (Lipinski definition) is 3. The lowest BCUT2D eigenvalue weighted by Gasteiger charge is -2.10. The molecule has 0 saturated carbocycles. The van der Waals surface area contributed by atoms with E-state index >= 15 is 0 Å². The van der Waals surface area contributed by atoms with Gasteiger partial charge in [0.15, 0.2) is 0 Å². The maximum Gasteiger partial charge on any atom is 0.0700 e. The largest absolute Gasteiger partial charge is 0.379 e. The molecule has 0 aromatic rings. The molecule has 4 heteroatoms. The summed E-state index contributed by atoms with van der Waals surface area (Å²) in [5.74, 6) is 0.575. The zero-order valence-corrected chi connectivity index (χ0v) is 8.68. The van der Waals surface area contributed by atoms with Gasteiger partial charge in [0, 0.05) is 25.6 Å². The predicted molar refractivity (Wildman–Crippen MR) is 53.4 cm³/mol. The predicted octanol–water partition coefficient (Wildman–Crippen LogP) is 1.01. The van der Waals surface area contributed by atoms with Gasteiger partial charge in [-0.15, -0.1) is 11.6 Å². The topological polar surface area (TPSA) is 30.5 Å². The van der Waals surface area contributed by atoms with Crippen LogP contribution in [-0.4, -0.2) is 44.9 Å². The van der Waals surface area contributed by atoms with E-state index in [1.165, 1.54) is 12.8 Å². The van der Waals surface area contributed by atoms with E-state index in [-0.39, 0.29) is 0 Å². The molecule has 0 aromatic heterocycles. The normalized spacial score (nSPS) is 22.4. The van der Waals surface area contributed by atoms with Gasteiger partial charge in [-0.05, 0) is 12.8 Å². The molecule has 1 aliphatic heterocycles. The third-order valence-corrected chi connectivity index (χ3v) is 2.19. The fourth-order valence-electron chi connectivity index (χ4n) is 1.37. The van der Waals surface area contributed by atoms with Crippen LogP contribution < -0.4 is 5.32 Å². The second-order valence-corrected chi connectivity index (χ2v) is 3.52. The van der Waals surface area contributed by atoms with E-state index in [4.69, 9.17) is 21.1 Å². The number of hydrogen-bond donors (Lipinski definition) is 1. The number of rotatable bonds is 7. The van der Waals surface area contributed by atoms with Gasteiger partial charge in [0.1, 0.15) is 0 Å². The van der Waals surface area contributed by atoms with Crippen molar-refractivity contribution in [2.45, 2.75) is 18.9 Å². The van der Waals surface area contributed by atoms with Crippen LogP contribution in [0.1, 0.15) is 12.8 Å². The van der Waals surface area contributed by atoms with E-state index < -0.39 is 0 Å². The summed E-state index contributed by atoms with van der Waals surface area (Å²) in [7, 11) is 0. The Bertz CT molecular complexity index is 118. The first-order valence-corrected chi connectivity index (χ1v) is 5.43. The first kappa shape index (κ1) is 11.2. The van der Waals surface area contributed by atoms with Gasteiger partial charge in [-0.3, -0.25) is 0 Å². The lowest BCUT2D eigenvalue weighted by Crippen LogP contribution is -2.29. The number of nitrogens with one attached hydrogen (secondary N) is 1. The average Bonchev–Trinajstić information content (AvgIpc) is 2.63. The third kappa shape index (κ3) is 5.47. The summed E-state index contributed by atoms with van der Waals surface area (Å²) in [5, 5.41) is 3.29. The summed E-state index contributed by atoms with van der Waals surface area (Å²) in [4.78, 5) is 0. The summed E-state index contributed by atoms with van der Waals surface area (Å²) in [5.41, 5.74) is 0. The Kier molecular flexibility index (Phi) is 6.54. The lowest BCUT2D eigenvalue weighted by atomic mass is 10.2. The summed E-state index contributed by atoms with van der Waals surface area (Å²) in [6, 6.07) is 0. The zero-order valence-electron chi connectivity index (χ0n) is 7.93. The van der Waals surface area contributed by atoms with Crippen LogP contribution in [0.5, 0.6) is 0 Å². The molecule has 0 aliphatic carbocycles. The molecule has 1 rings (SSSR count). The van der Waals surface area contributed by atoms with Crippen LogP contribution >= 0.6 is 11.6 Å². The van der Waals surface area contributed by atoms with Gasteiger partial charge in [0.05, 0.1) is 19.3 Å². The Morgan fingerprint density at radius 2 is 2.38 bits per heavy atom. The summed E-state index contributed by atoms with van der Waals surface area (Å²) in [6.45, 7) is 4.14. The summed E-state index contributed by atoms with van der Waals surface area (Å²) < 4.78 is 10.7. The molecule has 0 radical (unpaired) electrons. The van der Waals surface area contributed by atoms with Gasteiger partial charge < -0.3 is 14.8 Å². The van der Waals surface area contributed by atoms with Crippen molar-refractivity contribution in [1.29, 1.82) is 0 Å². The molecule has 1 atom stereocenters. The monoisotopic (exact) mass is 207 g/mol. The molecule has 0 aromatic carbocycles. The highest BCUT2D eigenvalue weighted by molar-refractivity contribution is 6.17. The fraction of sp³-hybridized carbons (Fsp3) is 1.00. The maximum atomic E-state index is 5.46. The molecule has 1 fully saturated rings. The molecule has 1 aliphatic rings. The van der Waals surface area contributed by atoms with Crippen LogP contribution in [-0.2, 0) is 9.47 Å². The first-order valence-electron chi connectivity index (χ1n) is 4.89. The van der Waals surface area contributed by atoms with Gasteiger partial charge in [-0.2, -0.15) is 0 Å². The standard InChI is InChI=1S/C9H18ClNO2/c10-3-6-12-7-4-11-8-9-2-1-5-13-9/h9,11H,1-8H2. The van der Waals surface area contributed by atoms with Gasteiger partial charge in [0.2, 0.25) is 0 Å². The molecule has 3 nitrogen and oxygen atoms in total. The van der Waals surface area contributed by atoms with Gasteiger partial charge >= 0.3 is 0 Å². The highest BCUT2D eigenvalue weighted by Crippen LogP contribution is 2.10. The molecule has 1 saturated heterocycles. The van der Waals surface area contributed by atoms with Crippen molar-refractivity contribution in [2.24, 2.45) is 0 Å². The van der Waals surface area contributed by atoms with Crippen LogP contribution in [0, 0.1) is 0 Å². The van der Waals surface area contributed by atoms with Crippen molar-refractivity contribution >= 4 is 11.6 Å². The highest BCUT2D eigenvalue weighted by Gasteiger charge is 2.13. The van der Waals surface area contributed by atoms with Crippen LogP contribution in [0.15, 0.2) is 0 Å². The molecular weight excluding hydrogens is 190 g/mol. The van der Waals surface area contributed by atoms with Crippen molar-refractivity contribution in [2.75, 3.05) is 38.8 Å². The van der Waals surface area contributed by atoms with Crippen LogP contribution in [0.25, 0.3) is 0 Å². The zero-order chi connectivity index (χ0) is 9.36. The van der Waals surface area contributed by atoms with E-state index in [0.29, 0.717) is 18.6 Å².